The molecule has 0 bridgehead atoms. The second kappa shape index (κ2) is 13.3. The van der Waals surface area contributed by atoms with Gasteiger partial charge in [-0.3, -0.25) is 0 Å². The number of nitrogens with zero attached hydrogens (tertiary/aromatic N) is 2. The standard InChI is InChI=1S/C26H29F11N2O/c1-2-3-4-5-6-7-8-9-10-18-15-38-21(39-16-18)19-11-13-20(14-12-19)40-17-22(27,28)23(29,30)24(31,32)25(33,34)26(35,36)37/h11-16H,2-10,17H2,1H3. The summed E-state index contributed by atoms with van der Waals surface area (Å²) in [5.41, 5.74) is 1.24. The molecule has 0 atom stereocenters. The van der Waals surface area contributed by atoms with E-state index in [2.05, 4.69) is 21.6 Å². The predicted molar refractivity (Wildman–Crippen MR) is 125 cm³/mol. The Morgan fingerprint density at radius 2 is 1.12 bits per heavy atom. The minimum Gasteiger partial charge on any atom is -0.487 e. The first kappa shape index (κ1) is 33.5. The Morgan fingerprint density at radius 3 is 1.62 bits per heavy atom. The van der Waals surface area contributed by atoms with Crippen LogP contribution in [0.4, 0.5) is 48.3 Å². The molecule has 0 aliphatic rings. The fraction of sp³-hybridized carbons (Fsp3) is 0.615. The molecule has 2 aromatic rings. The number of halogens is 11. The van der Waals surface area contributed by atoms with E-state index >= 15 is 0 Å². The Kier molecular flexibility index (Phi) is 11.2. The minimum atomic E-state index is -7.47. The smallest absolute Gasteiger partial charge is 0.460 e. The second-order valence-corrected chi connectivity index (χ2v) is 9.38. The van der Waals surface area contributed by atoms with Gasteiger partial charge in [-0.2, -0.15) is 48.3 Å². The van der Waals surface area contributed by atoms with Gasteiger partial charge < -0.3 is 4.74 Å². The normalized spacial score (nSPS) is 13.5. The Hall–Kier alpha value is -2.67. The quantitative estimate of drug-likeness (QED) is 0.144. The molecule has 0 unspecified atom stereocenters. The molecule has 2 rings (SSSR count). The lowest BCUT2D eigenvalue weighted by Crippen LogP contribution is -2.67. The van der Waals surface area contributed by atoms with Crippen LogP contribution in [0.3, 0.4) is 0 Å². The third-order valence-corrected chi connectivity index (χ3v) is 6.16. The maximum atomic E-state index is 13.8. The third kappa shape index (κ3) is 7.74. The van der Waals surface area contributed by atoms with E-state index in [4.69, 9.17) is 0 Å². The number of hydrogen-bond acceptors (Lipinski definition) is 3. The summed E-state index contributed by atoms with van der Waals surface area (Å²) < 4.78 is 148. The third-order valence-electron chi connectivity index (χ3n) is 6.16. The average molecular weight is 595 g/mol. The lowest BCUT2D eigenvalue weighted by Gasteiger charge is -2.37. The van der Waals surface area contributed by atoms with Crippen LogP contribution in [0.1, 0.15) is 63.9 Å². The summed E-state index contributed by atoms with van der Waals surface area (Å²) in [6, 6.07) is 4.38. The number of alkyl halides is 11. The number of ether oxygens (including phenoxy) is 1. The number of benzene rings is 1. The average Bonchev–Trinajstić information content (AvgIpc) is 2.89. The zero-order chi connectivity index (χ0) is 30.2. The van der Waals surface area contributed by atoms with Gasteiger partial charge in [-0.05, 0) is 42.7 Å². The molecule has 0 aliphatic heterocycles. The Morgan fingerprint density at radius 1 is 0.625 bits per heavy atom. The molecule has 0 fully saturated rings. The summed E-state index contributed by atoms with van der Waals surface area (Å²) in [6.07, 6.45) is 6.05. The largest absolute Gasteiger partial charge is 0.487 e. The summed E-state index contributed by atoms with van der Waals surface area (Å²) in [5, 5.41) is 0. The minimum absolute atomic E-state index is 0.220. The van der Waals surface area contributed by atoms with Gasteiger partial charge in [0.1, 0.15) is 5.75 Å². The lowest BCUT2D eigenvalue weighted by atomic mass is 9.98. The zero-order valence-electron chi connectivity index (χ0n) is 21.5. The topological polar surface area (TPSA) is 35.0 Å². The number of hydrogen-bond donors (Lipinski definition) is 0. The molecule has 14 heteroatoms. The van der Waals surface area contributed by atoms with Gasteiger partial charge in [0.15, 0.2) is 12.4 Å². The van der Waals surface area contributed by atoms with E-state index in [9.17, 15) is 48.3 Å². The molecule has 1 aromatic carbocycles. The van der Waals surface area contributed by atoms with E-state index < -0.39 is 42.2 Å². The van der Waals surface area contributed by atoms with Crippen molar-refractivity contribution in [1.29, 1.82) is 0 Å². The van der Waals surface area contributed by atoms with Crippen LogP contribution in [0.5, 0.6) is 5.75 Å². The van der Waals surface area contributed by atoms with Crippen LogP contribution in [0.2, 0.25) is 0 Å². The highest BCUT2D eigenvalue weighted by Gasteiger charge is 2.87. The number of unbranched alkanes of at least 4 members (excludes halogenated alkanes) is 7. The van der Waals surface area contributed by atoms with Crippen molar-refractivity contribution in [1.82, 2.24) is 9.97 Å². The summed E-state index contributed by atoms with van der Waals surface area (Å²) in [5.74, 6) is -28.5. The van der Waals surface area contributed by atoms with Gasteiger partial charge in [0.2, 0.25) is 0 Å². The van der Waals surface area contributed by atoms with Crippen LogP contribution in [0, 0.1) is 0 Å². The zero-order valence-corrected chi connectivity index (χ0v) is 21.5. The predicted octanol–water partition coefficient (Wildman–Crippen LogP) is 9.31. The monoisotopic (exact) mass is 594 g/mol. The fourth-order valence-electron chi connectivity index (χ4n) is 3.67. The summed E-state index contributed by atoms with van der Waals surface area (Å²) in [7, 11) is 0. The van der Waals surface area contributed by atoms with Crippen LogP contribution >= 0.6 is 0 Å². The van der Waals surface area contributed by atoms with Gasteiger partial charge in [0.25, 0.3) is 0 Å². The highest BCUT2D eigenvalue weighted by atomic mass is 19.4. The highest BCUT2D eigenvalue weighted by Crippen LogP contribution is 2.57. The van der Waals surface area contributed by atoms with Crippen molar-refractivity contribution in [2.24, 2.45) is 0 Å². The van der Waals surface area contributed by atoms with Crippen molar-refractivity contribution in [2.75, 3.05) is 6.61 Å². The molecule has 0 aliphatic carbocycles. The van der Waals surface area contributed by atoms with Crippen molar-refractivity contribution in [3.05, 3.63) is 42.2 Å². The molecule has 1 heterocycles. The fourth-order valence-corrected chi connectivity index (χ4v) is 3.67. The molecule has 3 nitrogen and oxygen atoms in total. The van der Waals surface area contributed by atoms with Crippen LogP contribution in [0.15, 0.2) is 36.7 Å². The van der Waals surface area contributed by atoms with Gasteiger partial charge in [-0.15, -0.1) is 0 Å². The second-order valence-electron chi connectivity index (χ2n) is 9.38. The first-order valence-electron chi connectivity index (χ1n) is 12.6. The van der Waals surface area contributed by atoms with Gasteiger partial charge in [0.05, 0.1) is 0 Å². The van der Waals surface area contributed by atoms with Crippen LogP contribution in [-0.2, 0) is 6.42 Å². The molecule has 40 heavy (non-hydrogen) atoms. The van der Waals surface area contributed by atoms with Gasteiger partial charge in [-0.1, -0.05) is 51.9 Å². The summed E-state index contributed by atoms with van der Waals surface area (Å²) in [4.78, 5) is 8.39. The van der Waals surface area contributed by atoms with Crippen LogP contribution < -0.4 is 4.74 Å². The maximum absolute atomic E-state index is 13.8. The van der Waals surface area contributed by atoms with Gasteiger partial charge in [-0.25, -0.2) is 9.97 Å². The maximum Gasteiger partial charge on any atom is 0.460 e. The van der Waals surface area contributed by atoms with Crippen molar-refractivity contribution < 1.29 is 53.0 Å². The van der Waals surface area contributed by atoms with Crippen LogP contribution in [0.25, 0.3) is 11.4 Å². The molecule has 226 valence electrons. The molecule has 0 saturated carbocycles. The van der Waals surface area contributed by atoms with Gasteiger partial charge in [0, 0.05) is 18.0 Å². The molecule has 0 N–H and O–H groups in total. The van der Waals surface area contributed by atoms with Crippen molar-refractivity contribution in [3.63, 3.8) is 0 Å². The molecule has 0 saturated heterocycles. The van der Waals surface area contributed by atoms with E-state index in [1.165, 1.54) is 44.2 Å². The number of aryl methyl sites for hydroxylation is 1. The van der Waals surface area contributed by atoms with Crippen molar-refractivity contribution >= 4 is 0 Å². The Labute approximate surface area is 224 Å². The first-order chi connectivity index (χ1) is 18.5. The first-order valence-corrected chi connectivity index (χ1v) is 12.6. The van der Waals surface area contributed by atoms with Gasteiger partial charge >= 0.3 is 29.9 Å². The van der Waals surface area contributed by atoms with Crippen molar-refractivity contribution in [3.8, 4) is 17.1 Å². The van der Waals surface area contributed by atoms with E-state index in [1.807, 2.05) is 0 Å². The summed E-state index contributed by atoms with van der Waals surface area (Å²) >= 11 is 0. The van der Waals surface area contributed by atoms with E-state index in [0.717, 1.165) is 43.4 Å². The van der Waals surface area contributed by atoms with Crippen LogP contribution in [-0.4, -0.2) is 46.4 Å². The lowest BCUT2D eigenvalue weighted by molar-refractivity contribution is -0.423. The number of aromatic nitrogens is 2. The SMILES string of the molecule is CCCCCCCCCCc1cnc(-c2ccc(OCC(F)(F)C(F)(F)C(F)(F)C(F)(F)C(F)(F)F)cc2)nc1. The Balaban J connectivity index is 1.94. The molecule has 0 spiro atoms. The number of rotatable bonds is 16. The molecule has 1 aromatic heterocycles. The molecular formula is C26H29F11N2O. The molecule has 0 radical (unpaired) electrons. The Bertz CT molecular complexity index is 1040. The van der Waals surface area contributed by atoms with E-state index in [1.54, 1.807) is 12.4 Å². The van der Waals surface area contributed by atoms with E-state index in [-0.39, 0.29) is 5.82 Å². The molecule has 0 amide bonds. The van der Waals surface area contributed by atoms with Crippen molar-refractivity contribution in [2.45, 2.75) is 94.6 Å². The van der Waals surface area contributed by atoms with E-state index in [0.29, 0.717) is 5.56 Å². The summed E-state index contributed by atoms with van der Waals surface area (Å²) in [6.45, 7) is -0.444. The molecular weight excluding hydrogens is 565 g/mol. The highest BCUT2D eigenvalue weighted by molar-refractivity contribution is 5.55.